The maximum Gasteiger partial charge on any atom is 0.191 e. The summed E-state index contributed by atoms with van der Waals surface area (Å²) in [6, 6.07) is 4.44. The van der Waals surface area contributed by atoms with Gasteiger partial charge in [-0.3, -0.25) is 5.01 Å². The number of hydrogen-bond donors (Lipinski definition) is 0. The molecule has 1 spiro atoms. The monoisotopic (exact) mass is 431 g/mol. The number of nitrogens with zero attached hydrogens (tertiary/aromatic N) is 3. The fourth-order valence-corrected chi connectivity index (χ4v) is 4.90. The Morgan fingerprint density at radius 1 is 1.37 bits per heavy atom. The lowest BCUT2D eigenvalue weighted by molar-refractivity contribution is -0.253. The first-order valence-electron chi connectivity index (χ1n) is 8.84. The lowest BCUT2D eigenvalue weighted by atomic mass is 9.83. The number of hydroxylamine groups is 1. The van der Waals surface area contributed by atoms with Crippen molar-refractivity contribution in [1.82, 2.24) is 10.2 Å². The largest absolute Gasteiger partial charge is 0.328 e. The highest BCUT2D eigenvalue weighted by Gasteiger charge is 2.45. The van der Waals surface area contributed by atoms with Gasteiger partial charge in [0.05, 0.1) is 5.69 Å². The van der Waals surface area contributed by atoms with Gasteiger partial charge < -0.3 is 4.74 Å². The van der Waals surface area contributed by atoms with Crippen molar-refractivity contribution in [3.63, 3.8) is 0 Å². The number of aromatic nitrogens is 1. The topological polar surface area (TPSA) is 37.8 Å². The molecule has 9 heteroatoms. The molecule has 0 amide bonds. The van der Waals surface area contributed by atoms with Crippen LogP contribution in [0.3, 0.4) is 0 Å². The van der Waals surface area contributed by atoms with Crippen LogP contribution in [0.1, 0.15) is 30.6 Å². The van der Waals surface area contributed by atoms with Crippen LogP contribution in [0.5, 0.6) is 0 Å². The van der Waals surface area contributed by atoms with Crippen molar-refractivity contribution in [2.45, 2.75) is 37.9 Å². The normalized spacial score (nSPS) is 26.0. The van der Waals surface area contributed by atoms with E-state index in [9.17, 15) is 4.39 Å². The Morgan fingerprint density at radius 2 is 2.15 bits per heavy atom. The van der Waals surface area contributed by atoms with E-state index in [1.54, 1.807) is 34.6 Å². The quantitative estimate of drug-likeness (QED) is 0.657. The minimum atomic E-state index is -0.634. The first-order valence-corrected chi connectivity index (χ1v) is 10.4. The summed E-state index contributed by atoms with van der Waals surface area (Å²) in [5.74, 6) is -0.430. The molecule has 1 saturated carbocycles. The number of rotatable bonds is 4. The van der Waals surface area contributed by atoms with Crippen molar-refractivity contribution in [3.05, 3.63) is 44.6 Å². The molecule has 0 unspecified atom stereocenters. The van der Waals surface area contributed by atoms with Crippen LogP contribution in [0.25, 0.3) is 0 Å². The lowest BCUT2D eigenvalue weighted by Crippen LogP contribution is -2.42. The van der Waals surface area contributed by atoms with Gasteiger partial charge >= 0.3 is 0 Å². The molecule has 27 heavy (non-hydrogen) atoms. The van der Waals surface area contributed by atoms with E-state index in [1.807, 2.05) is 6.20 Å². The van der Waals surface area contributed by atoms with Gasteiger partial charge in [-0.15, -0.1) is 11.3 Å². The van der Waals surface area contributed by atoms with Gasteiger partial charge in [0.15, 0.2) is 10.3 Å². The van der Waals surface area contributed by atoms with Gasteiger partial charge in [0.25, 0.3) is 0 Å². The van der Waals surface area contributed by atoms with Crippen LogP contribution in [0.4, 0.5) is 10.1 Å². The summed E-state index contributed by atoms with van der Waals surface area (Å²) in [5.41, 5.74) is 0.346. The van der Waals surface area contributed by atoms with Crippen LogP contribution < -0.4 is 5.01 Å². The maximum absolute atomic E-state index is 14.1. The second-order valence-electron chi connectivity index (χ2n) is 6.97. The van der Waals surface area contributed by atoms with E-state index in [2.05, 4.69) is 4.98 Å². The van der Waals surface area contributed by atoms with Gasteiger partial charge in [-0.2, -0.15) is 0 Å². The number of ether oxygens (including phenoxy) is 1. The third-order valence-electron chi connectivity index (χ3n) is 5.18. The molecular weight excluding hydrogens is 412 g/mol. The number of halogens is 3. The summed E-state index contributed by atoms with van der Waals surface area (Å²) in [5, 5.41) is 3.62. The van der Waals surface area contributed by atoms with Crippen LogP contribution in [0.2, 0.25) is 9.49 Å². The van der Waals surface area contributed by atoms with Gasteiger partial charge in [0.1, 0.15) is 12.5 Å². The second kappa shape index (κ2) is 7.81. The van der Waals surface area contributed by atoms with Crippen LogP contribution in [-0.4, -0.2) is 29.7 Å². The van der Waals surface area contributed by atoms with Crippen LogP contribution in [0.15, 0.2) is 24.4 Å². The van der Waals surface area contributed by atoms with Crippen molar-refractivity contribution in [2.75, 3.05) is 18.8 Å². The van der Waals surface area contributed by atoms with Crippen LogP contribution >= 0.6 is 34.5 Å². The molecule has 1 aromatic heterocycles. The zero-order valence-electron chi connectivity index (χ0n) is 14.8. The van der Waals surface area contributed by atoms with Gasteiger partial charge in [-0.1, -0.05) is 28.4 Å². The smallest absolute Gasteiger partial charge is 0.191 e. The average Bonchev–Trinajstić information content (AvgIpc) is 3.25. The Morgan fingerprint density at radius 3 is 2.85 bits per heavy atom. The second-order valence-corrected chi connectivity index (χ2v) is 9.11. The van der Waals surface area contributed by atoms with Gasteiger partial charge in [-0.25, -0.2) is 14.2 Å². The highest BCUT2D eigenvalue weighted by Crippen LogP contribution is 2.42. The molecule has 1 saturated heterocycles. The van der Waals surface area contributed by atoms with Gasteiger partial charge in [0, 0.05) is 36.0 Å². The summed E-state index contributed by atoms with van der Waals surface area (Å²) in [4.78, 5) is 11.4. The van der Waals surface area contributed by atoms with E-state index in [0.717, 1.165) is 32.1 Å². The molecule has 2 heterocycles. The molecule has 2 aliphatic rings. The van der Waals surface area contributed by atoms with E-state index in [1.165, 1.54) is 17.0 Å². The third kappa shape index (κ3) is 4.23. The summed E-state index contributed by atoms with van der Waals surface area (Å²) in [6.45, 7) is 0.248. The van der Waals surface area contributed by atoms with Crippen molar-refractivity contribution in [1.29, 1.82) is 0 Å². The molecule has 2 aromatic rings. The Labute approximate surface area is 171 Å². The van der Waals surface area contributed by atoms with E-state index >= 15 is 0 Å². The van der Waals surface area contributed by atoms with Crippen LogP contribution in [-0.2, 0) is 16.0 Å². The number of thiazole rings is 1. The third-order valence-corrected chi connectivity index (χ3v) is 6.56. The Kier molecular flexibility index (Phi) is 5.60. The molecule has 4 rings (SSSR count). The highest BCUT2D eigenvalue weighted by atomic mass is 35.5. The minimum absolute atomic E-state index is 0.248. The van der Waals surface area contributed by atoms with Crippen molar-refractivity contribution in [3.8, 4) is 0 Å². The van der Waals surface area contributed by atoms with Crippen LogP contribution in [0, 0.1) is 11.7 Å². The molecule has 0 bridgehead atoms. The summed E-state index contributed by atoms with van der Waals surface area (Å²) in [7, 11) is 1.73. The molecule has 1 aliphatic heterocycles. The van der Waals surface area contributed by atoms with E-state index in [-0.39, 0.29) is 12.5 Å². The Balaban J connectivity index is 1.36. The molecule has 5 nitrogen and oxygen atoms in total. The number of benzene rings is 1. The number of anilines is 1. The average molecular weight is 432 g/mol. The highest BCUT2D eigenvalue weighted by molar-refractivity contribution is 7.15. The molecular formula is C18H20Cl2FN3O2S. The van der Waals surface area contributed by atoms with E-state index in [0.29, 0.717) is 21.1 Å². The zero-order chi connectivity index (χ0) is 19.0. The van der Waals surface area contributed by atoms with Gasteiger partial charge in [0.2, 0.25) is 0 Å². The van der Waals surface area contributed by atoms with Crippen molar-refractivity contribution in [2.24, 2.45) is 5.92 Å². The Bertz CT molecular complexity index is 814. The molecule has 0 atom stereocenters. The van der Waals surface area contributed by atoms with Crippen molar-refractivity contribution < 1.29 is 14.0 Å². The summed E-state index contributed by atoms with van der Waals surface area (Å²) in [6.07, 6.45) is 6.43. The fraction of sp³-hybridized carbons (Fsp3) is 0.500. The number of hydrazine groups is 1. The standard InChI is InChI=1S/C18H20Cl2FN3O2S/c1-23(16-9-13(19)2-3-15(16)21)24-11-25-18(26-24)6-4-12(5-7-18)8-14-10-22-17(20)27-14/h2-3,9-10,12H,4-8,11H2,1H3. The van der Waals surface area contributed by atoms with Crippen molar-refractivity contribution >= 4 is 40.2 Å². The lowest BCUT2D eigenvalue weighted by Gasteiger charge is -2.36. The molecule has 0 N–H and O–H groups in total. The van der Waals surface area contributed by atoms with E-state index in [4.69, 9.17) is 32.8 Å². The summed E-state index contributed by atoms with van der Waals surface area (Å²) >= 11 is 13.5. The fourth-order valence-electron chi connectivity index (χ4n) is 3.64. The number of hydrogen-bond acceptors (Lipinski definition) is 6. The molecule has 1 aromatic carbocycles. The molecule has 146 valence electrons. The van der Waals surface area contributed by atoms with Gasteiger partial charge in [-0.05, 0) is 43.4 Å². The zero-order valence-corrected chi connectivity index (χ0v) is 17.2. The molecule has 0 radical (unpaired) electrons. The first kappa shape index (κ1) is 19.4. The van der Waals surface area contributed by atoms with E-state index < -0.39 is 5.79 Å². The predicted molar refractivity (Wildman–Crippen MR) is 104 cm³/mol. The Hall–Kier alpha value is -0.960. The predicted octanol–water partition coefficient (Wildman–Crippen LogP) is 5.29. The minimum Gasteiger partial charge on any atom is -0.328 e. The molecule has 2 fully saturated rings. The SMILES string of the molecule is CN(c1cc(Cl)ccc1F)N1COC2(CCC(Cc3cnc(Cl)s3)CC2)O1. The first-order chi connectivity index (χ1) is 12.9. The summed E-state index contributed by atoms with van der Waals surface area (Å²) < 4.78 is 20.7. The molecule has 1 aliphatic carbocycles. The maximum atomic E-state index is 14.1.